The number of aryl methyl sites for hydroxylation is 2. The van der Waals surface area contributed by atoms with Gasteiger partial charge in [0, 0.05) is 85.0 Å². The highest BCUT2D eigenvalue weighted by Crippen LogP contribution is 2.59. The Labute approximate surface area is 706 Å². The highest BCUT2D eigenvalue weighted by molar-refractivity contribution is 5.90. The minimum Gasteiger partial charge on any atom is -0.311 e. The van der Waals surface area contributed by atoms with Crippen molar-refractivity contribution in [3.8, 4) is 55.6 Å². The predicted octanol–water partition coefficient (Wildman–Crippen LogP) is 31.2. The molecule has 0 saturated heterocycles. The molecule has 0 aromatic heterocycles. The van der Waals surface area contributed by atoms with Crippen LogP contribution in [0, 0.1) is 19.8 Å². The first-order valence-electron chi connectivity index (χ1n) is 42.1. The van der Waals surface area contributed by atoms with Crippen LogP contribution in [0.4, 0.5) is 68.2 Å². The Balaban J connectivity index is 0.552. The average Bonchev–Trinajstić information content (AvgIpc) is 1.56. The molecule has 0 amide bonds. The quantitative estimate of drug-likeness (QED) is 0.0711. The number of hydrogen-bond acceptors (Lipinski definition) is 4. The molecule has 0 fully saturated rings. The molecule has 17 aromatic rings. The van der Waals surface area contributed by atoms with Crippen LogP contribution in [-0.4, -0.2) is 0 Å². The van der Waals surface area contributed by atoms with Crippen molar-refractivity contribution >= 4 is 73.8 Å². The first-order chi connectivity index (χ1) is 59.0. The van der Waals surface area contributed by atoms with Crippen molar-refractivity contribution in [3.63, 3.8) is 0 Å². The van der Waals surface area contributed by atoms with Gasteiger partial charge in [0.25, 0.3) is 0 Å². The molecule has 0 N–H and O–H groups in total. The summed E-state index contributed by atoms with van der Waals surface area (Å²) in [4.78, 5) is 9.41. The molecule has 20 rings (SSSR count). The van der Waals surface area contributed by atoms with Crippen LogP contribution in [0.5, 0.6) is 0 Å². The van der Waals surface area contributed by atoms with Gasteiger partial charge < -0.3 is 19.6 Å². The first-order valence-corrected chi connectivity index (χ1v) is 42.1. The van der Waals surface area contributed by atoms with E-state index in [1.807, 2.05) is 0 Å². The molecule has 120 heavy (non-hydrogen) atoms. The lowest BCUT2D eigenvalue weighted by Crippen LogP contribution is -2.37. The van der Waals surface area contributed by atoms with Gasteiger partial charge >= 0.3 is 0 Å². The summed E-state index contributed by atoms with van der Waals surface area (Å²) in [5, 5.41) is 0. The summed E-state index contributed by atoms with van der Waals surface area (Å²) in [6.45, 7) is 9.05. The van der Waals surface area contributed by atoms with E-state index in [-0.39, 0.29) is 22.7 Å². The van der Waals surface area contributed by atoms with Gasteiger partial charge in [-0.3, -0.25) is 0 Å². The molecule has 0 saturated carbocycles. The van der Waals surface area contributed by atoms with E-state index >= 15 is 0 Å². The van der Waals surface area contributed by atoms with Gasteiger partial charge in [-0.15, -0.1) is 0 Å². The Bertz CT molecular complexity index is 6510. The van der Waals surface area contributed by atoms with Crippen molar-refractivity contribution in [1.29, 1.82) is 0 Å². The van der Waals surface area contributed by atoms with Gasteiger partial charge in [-0.25, -0.2) is 0 Å². The third-order valence-electron chi connectivity index (χ3n) is 25.3. The van der Waals surface area contributed by atoms with Crippen molar-refractivity contribution in [1.82, 2.24) is 0 Å². The van der Waals surface area contributed by atoms with E-state index in [1.165, 1.54) is 100 Å². The monoisotopic (exact) mass is 1540 g/mol. The molecule has 576 valence electrons. The summed E-state index contributed by atoms with van der Waals surface area (Å²) in [6, 6.07) is 159. The summed E-state index contributed by atoms with van der Waals surface area (Å²) in [6.07, 6.45) is 9.35. The van der Waals surface area contributed by atoms with Gasteiger partial charge in [0.05, 0.1) is 0 Å². The maximum absolute atomic E-state index is 2.64. The summed E-state index contributed by atoms with van der Waals surface area (Å²) < 4.78 is 0. The van der Waals surface area contributed by atoms with Crippen LogP contribution in [-0.2, 0) is 23.7 Å². The van der Waals surface area contributed by atoms with E-state index in [9.17, 15) is 0 Å². The number of hydrogen-bond donors (Lipinski definition) is 0. The maximum atomic E-state index is 2.64. The Hall–Kier alpha value is -14.6. The highest BCUT2D eigenvalue weighted by atomic mass is 15.2. The molecular formula is C116H92N4. The molecule has 0 bridgehead atoms. The molecule has 3 aliphatic rings. The Kier molecular flexibility index (Phi) is 19.7. The van der Waals surface area contributed by atoms with E-state index in [0.717, 1.165) is 92.2 Å². The summed E-state index contributed by atoms with van der Waals surface area (Å²) in [5.74, 6) is 0.390. The number of nitrogens with zero attached hydrogens (tertiary/aromatic N) is 4. The second-order valence-corrected chi connectivity index (χ2v) is 33.1. The fourth-order valence-electron chi connectivity index (χ4n) is 19.1. The molecule has 0 aliphatic heterocycles. The van der Waals surface area contributed by atoms with Crippen molar-refractivity contribution in [2.24, 2.45) is 5.92 Å². The van der Waals surface area contributed by atoms with Gasteiger partial charge in [-0.1, -0.05) is 316 Å². The van der Waals surface area contributed by atoms with E-state index in [2.05, 4.69) is 496 Å². The van der Waals surface area contributed by atoms with Crippen LogP contribution in [0.1, 0.15) is 69.8 Å². The largest absolute Gasteiger partial charge is 0.311 e. The fourth-order valence-corrected chi connectivity index (χ4v) is 19.1. The van der Waals surface area contributed by atoms with Crippen LogP contribution in [0.25, 0.3) is 61.2 Å². The number of para-hydroxylation sites is 4. The Morgan fingerprint density at radius 2 is 0.492 bits per heavy atom. The molecule has 0 heterocycles. The van der Waals surface area contributed by atoms with Gasteiger partial charge in [-0.05, 0) is 290 Å². The lowest BCUT2D eigenvalue weighted by atomic mass is 9.64. The first kappa shape index (κ1) is 74.3. The molecule has 2 atom stereocenters. The zero-order valence-corrected chi connectivity index (χ0v) is 68.1. The molecule has 3 aliphatic carbocycles. The van der Waals surface area contributed by atoms with Crippen LogP contribution in [0.3, 0.4) is 0 Å². The van der Waals surface area contributed by atoms with Gasteiger partial charge in [0.2, 0.25) is 0 Å². The molecule has 4 heteroatoms. The topological polar surface area (TPSA) is 13.0 Å². The second-order valence-electron chi connectivity index (χ2n) is 33.1. The number of anilines is 12. The molecule has 4 nitrogen and oxygen atoms in total. The van der Waals surface area contributed by atoms with E-state index in [1.54, 1.807) is 0 Å². The van der Waals surface area contributed by atoms with E-state index in [4.69, 9.17) is 0 Å². The van der Waals surface area contributed by atoms with E-state index in [0.29, 0.717) is 0 Å². The fraction of sp³-hybridized carbons (Fsp3) is 0.0862. The molecule has 0 spiro atoms. The summed E-state index contributed by atoms with van der Waals surface area (Å²) in [7, 11) is 0. The van der Waals surface area contributed by atoms with Crippen LogP contribution in [0.15, 0.2) is 449 Å². The van der Waals surface area contributed by atoms with Crippen LogP contribution in [0.2, 0.25) is 0 Å². The zero-order valence-electron chi connectivity index (χ0n) is 68.1. The zero-order chi connectivity index (χ0) is 80.7. The second kappa shape index (κ2) is 31.8. The summed E-state index contributed by atoms with van der Waals surface area (Å²) in [5.41, 5.74) is 38.2. The average molecular weight is 1540 g/mol. The minimum atomic E-state index is -0.266. The van der Waals surface area contributed by atoms with Crippen molar-refractivity contribution in [2.75, 3.05) is 19.6 Å². The number of allylic oxidation sites excluding steroid dienone is 4. The lowest BCUT2D eigenvalue weighted by molar-refractivity contribution is 0.322. The third-order valence-corrected chi connectivity index (χ3v) is 25.3. The minimum absolute atomic E-state index is 0.184. The normalized spacial score (nSPS) is 14.4. The lowest BCUT2D eigenvalue weighted by Gasteiger charge is -2.39. The SMILES string of the molecule is Cc1ccc(N(c2ccccc2)c2ccc(-c3ccc4c(c3)C(C)(C)c3cc(-c5ccc(N(c6ccccc6)c6ccc(-c7ccc(N(c8ccccc8)c8ccc(C9=CC%10C(C=C9)c9ccc(-c%11ccc(N(c%12ccccc%12)c%12ccc(C)cc%12)cc%11)cc9C%10(Cc9ccccc9)Cc9ccccc9)cc8)cc7)cc6)cc5)ccc3-4)cc2)cc1. The van der Waals surface area contributed by atoms with E-state index < -0.39 is 0 Å². The standard InChI is InChI=1S/C116H92N4/c1-81-35-55-99(56-36-81)117(95-27-15-7-16-28-95)103-63-43-87(44-64-103)91-51-71-107-108-72-52-92(76-112(108)115(3,4)111(107)75-91)88-45-65-105(66-46-88)119(97-31-19-9-20-32-97)101-59-39-85(40-60-101)86-41-61-102(62-42-86)120(98-33-21-10-22-34-98)106-69-49-90(50-70-106)94-54-74-110-109-73-53-93(89-47-67-104(68-48-89)118(96-29-17-8-18-30-96)100-57-37-82(2)38-58-100)77-113(109)116(114(110)78-94,79-83-23-11-5-12-24-83)80-84-25-13-6-14-26-84/h5-78,110,114H,79-80H2,1-4H3. The van der Waals surface area contributed by atoms with Crippen molar-refractivity contribution < 1.29 is 0 Å². The van der Waals surface area contributed by atoms with Crippen LogP contribution >= 0.6 is 0 Å². The maximum Gasteiger partial charge on any atom is 0.0462 e. The van der Waals surface area contributed by atoms with Crippen molar-refractivity contribution in [3.05, 3.63) is 499 Å². The van der Waals surface area contributed by atoms with Crippen LogP contribution < -0.4 is 19.6 Å². The number of benzene rings is 17. The molecule has 0 radical (unpaired) electrons. The smallest absolute Gasteiger partial charge is 0.0462 e. The molecule has 17 aromatic carbocycles. The third kappa shape index (κ3) is 14.3. The Morgan fingerprint density at radius 3 is 0.808 bits per heavy atom. The van der Waals surface area contributed by atoms with Gasteiger partial charge in [0.15, 0.2) is 0 Å². The van der Waals surface area contributed by atoms with Crippen molar-refractivity contribution in [2.45, 2.75) is 57.3 Å². The molecule has 2 unspecified atom stereocenters. The van der Waals surface area contributed by atoms with Gasteiger partial charge in [0.1, 0.15) is 0 Å². The number of rotatable bonds is 21. The van der Waals surface area contributed by atoms with Gasteiger partial charge in [-0.2, -0.15) is 0 Å². The Morgan fingerprint density at radius 1 is 0.242 bits per heavy atom. The summed E-state index contributed by atoms with van der Waals surface area (Å²) >= 11 is 0. The number of fused-ring (bicyclic) bond motifs is 6. The highest BCUT2D eigenvalue weighted by Gasteiger charge is 2.51. The predicted molar refractivity (Wildman–Crippen MR) is 506 cm³/mol. The molecular weight excluding hydrogens is 1450 g/mol.